The minimum Gasteiger partial charge on any atom is -0.336 e. The van der Waals surface area contributed by atoms with Crippen LogP contribution in [0.5, 0.6) is 0 Å². The normalized spacial score (nSPS) is 12.3. The number of benzene rings is 2. The first-order chi connectivity index (χ1) is 12.2. The number of thioether (sulfide) groups is 1. The second-order valence-corrected chi connectivity index (χ2v) is 7.91. The van der Waals surface area contributed by atoms with Crippen molar-refractivity contribution >= 4 is 35.0 Å². The fourth-order valence-corrected chi connectivity index (χ4v) is 4.16. The molecule has 0 aliphatic heterocycles. The predicted octanol–water partition coefficient (Wildman–Crippen LogP) is 6.43. The highest BCUT2D eigenvalue weighted by atomic mass is 35.5. The Morgan fingerprint density at radius 2 is 1.80 bits per heavy atom. The van der Waals surface area contributed by atoms with Crippen molar-refractivity contribution in [2.24, 2.45) is 0 Å². The number of nitrogens with zero attached hydrogens (tertiary/aromatic N) is 2. The molecule has 0 aliphatic rings. The third-order valence-corrected chi connectivity index (χ3v) is 6.19. The van der Waals surface area contributed by atoms with E-state index in [0.717, 1.165) is 18.7 Å². The molecule has 0 bridgehead atoms. The van der Waals surface area contributed by atoms with Crippen LogP contribution in [0.2, 0.25) is 10.0 Å². The lowest BCUT2D eigenvalue weighted by Crippen LogP contribution is -2.05. The van der Waals surface area contributed by atoms with Gasteiger partial charge in [0, 0.05) is 29.9 Å². The van der Waals surface area contributed by atoms with Crippen molar-refractivity contribution in [3.63, 3.8) is 0 Å². The van der Waals surface area contributed by atoms with E-state index in [1.165, 1.54) is 16.7 Å². The summed E-state index contributed by atoms with van der Waals surface area (Å²) in [7, 11) is 0. The summed E-state index contributed by atoms with van der Waals surface area (Å²) in [4.78, 5) is 4.16. The molecule has 2 aromatic carbocycles. The number of hydrogen-bond acceptors (Lipinski definition) is 2. The van der Waals surface area contributed by atoms with Gasteiger partial charge >= 0.3 is 0 Å². The molecule has 3 rings (SSSR count). The summed E-state index contributed by atoms with van der Waals surface area (Å²) in [5.41, 5.74) is 3.87. The standard InChI is InChI=1S/C20H20Cl2N2S/c1-2-15-3-6-17(7-4-15)20(12-24-10-9-23-14-24)25-13-16-5-8-18(21)19(22)11-16/h3-11,14,20H,2,12-13H2,1H3. The van der Waals surface area contributed by atoms with E-state index in [1.54, 1.807) is 0 Å². The van der Waals surface area contributed by atoms with Gasteiger partial charge in [0.25, 0.3) is 0 Å². The van der Waals surface area contributed by atoms with Gasteiger partial charge in [0.05, 0.1) is 16.4 Å². The van der Waals surface area contributed by atoms with Gasteiger partial charge in [-0.1, -0.05) is 60.5 Å². The van der Waals surface area contributed by atoms with Crippen molar-refractivity contribution in [1.82, 2.24) is 9.55 Å². The van der Waals surface area contributed by atoms with E-state index in [-0.39, 0.29) is 0 Å². The highest BCUT2D eigenvalue weighted by molar-refractivity contribution is 7.98. The summed E-state index contributed by atoms with van der Waals surface area (Å²) >= 11 is 14.1. The van der Waals surface area contributed by atoms with Gasteiger partial charge in [-0.25, -0.2) is 4.98 Å². The highest BCUT2D eigenvalue weighted by Crippen LogP contribution is 2.34. The lowest BCUT2D eigenvalue weighted by atomic mass is 10.1. The monoisotopic (exact) mass is 390 g/mol. The number of aryl methyl sites for hydroxylation is 1. The maximum atomic E-state index is 6.14. The van der Waals surface area contributed by atoms with Crippen molar-refractivity contribution in [1.29, 1.82) is 0 Å². The van der Waals surface area contributed by atoms with Crippen molar-refractivity contribution in [2.75, 3.05) is 0 Å². The molecular formula is C20H20Cl2N2S. The van der Waals surface area contributed by atoms with Gasteiger partial charge in [-0.05, 0) is 35.2 Å². The molecule has 0 N–H and O–H groups in total. The molecule has 1 unspecified atom stereocenters. The Hall–Kier alpha value is -1.42. The molecule has 0 fully saturated rings. The van der Waals surface area contributed by atoms with E-state index < -0.39 is 0 Å². The summed E-state index contributed by atoms with van der Waals surface area (Å²) in [6, 6.07) is 14.8. The van der Waals surface area contributed by atoms with Crippen molar-refractivity contribution in [3.05, 3.63) is 87.9 Å². The average Bonchev–Trinajstić information content (AvgIpc) is 3.15. The molecule has 0 aliphatic carbocycles. The van der Waals surface area contributed by atoms with Crippen LogP contribution in [0.1, 0.15) is 28.9 Å². The van der Waals surface area contributed by atoms with Gasteiger partial charge in [0.2, 0.25) is 0 Å². The summed E-state index contributed by atoms with van der Waals surface area (Å²) in [6.45, 7) is 3.06. The minimum atomic E-state index is 0.342. The van der Waals surface area contributed by atoms with Crippen LogP contribution < -0.4 is 0 Å². The SMILES string of the molecule is CCc1ccc(C(Cn2ccnc2)SCc2ccc(Cl)c(Cl)c2)cc1. The Morgan fingerprint density at radius 3 is 2.44 bits per heavy atom. The molecule has 1 atom stereocenters. The van der Waals surface area contributed by atoms with Gasteiger partial charge < -0.3 is 4.57 Å². The number of halogens is 2. The van der Waals surface area contributed by atoms with Crippen LogP contribution in [-0.4, -0.2) is 9.55 Å². The van der Waals surface area contributed by atoms with E-state index in [2.05, 4.69) is 40.7 Å². The maximum absolute atomic E-state index is 6.14. The molecule has 25 heavy (non-hydrogen) atoms. The lowest BCUT2D eigenvalue weighted by molar-refractivity contribution is 0.683. The molecule has 130 valence electrons. The van der Waals surface area contributed by atoms with Gasteiger partial charge in [0.15, 0.2) is 0 Å². The van der Waals surface area contributed by atoms with Gasteiger partial charge in [-0.15, -0.1) is 11.8 Å². The number of imidazole rings is 1. The van der Waals surface area contributed by atoms with Crippen LogP contribution >= 0.6 is 35.0 Å². The van der Waals surface area contributed by atoms with E-state index >= 15 is 0 Å². The van der Waals surface area contributed by atoms with Crippen LogP contribution in [0, 0.1) is 0 Å². The number of aromatic nitrogens is 2. The minimum absolute atomic E-state index is 0.342. The Morgan fingerprint density at radius 1 is 1.04 bits per heavy atom. The van der Waals surface area contributed by atoms with Crippen LogP contribution in [0.25, 0.3) is 0 Å². The number of rotatable bonds is 7. The fraction of sp³-hybridized carbons (Fsp3) is 0.250. The van der Waals surface area contributed by atoms with Crippen LogP contribution in [0.15, 0.2) is 61.2 Å². The first kappa shape index (κ1) is 18.4. The van der Waals surface area contributed by atoms with Crippen molar-refractivity contribution in [3.8, 4) is 0 Å². The van der Waals surface area contributed by atoms with Crippen LogP contribution in [-0.2, 0) is 18.7 Å². The Balaban J connectivity index is 1.76. The molecule has 0 radical (unpaired) electrons. The molecule has 0 spiro atoms. The molecule has 3 aromatic rings. The Bertz CT molecular complexity index is 801. The van der Waals surface area contributed by atoms with Gasteiger partial charge in [-0.3, -0.25) is 0 Å². The van der Waals surface area contributed by atoms with Crippen molar-refractivity contribution in [2.45, 2.75) is 30.9 Å². The number of hydrogen-bond donors (Lipinski definition) is 0. The molecule has 1 heterocycles. The van der Waals surface area contributed by atoms with Crippen LogP contribution in [0.3, 0.4) is 0 Å². The Kier molecular flexibility index (Phi) is 6.46. The Labute approximate surface area is 163 Å². The quantitative estimate of drug-likeness (QED) is 0.462. The molecule has 1 aromatic heterocycles. The van der Waals surface area contributed by atoms with Crippen LogP contribution in [0.4, 0.5) is 0 Å². The molecular weight excluding hydrogens is 371 g/mol. The topological polar surface area (TPSA) is 17.8 Å². The van der Waals surface area contributed by atoms with E-state index in [4.69, 9.17) is 23.2 Å². The second kappa shape index (κ2) is 8.79. The first-order valence-electron chi connectivity index (χ1n) is 8.26. The molecule has 0 saturated carbocycles. The summed E-state index contributed by atoms with van der Waals surface area (Å²) in [6.07, 6.45) is 6.75. The smallest absolute Gasteiger partial charge is 0.0946 e. The lowest BCUT2D eigenvalue weighted by Gasteiger charge is -2.18. The van der Waals surface area contributed by atoms with Crippen molar-refractivity contribution < 1.29 is 0 Å². The fourth-order valence-electron chi connectivity index (χ4n) is 2.63. The molecule has 5 heteroatoms. The predicted molar refractivity (Wildman–Crippen MR) is 109 cm³/mol. The molecule has 0 amide bonds. The van der Waals surface area contributed by atoms with E-state index in [1.807, 2.05) is 48.7 Å². The molecule has 2 nitrogen and oxygen atoms in total. The zero-order valence-electron chi connectivity index (χ0n) is 14.0. The second-order valence-electron chi connectivity index (χ2n) is 5.90. The third kappa shape index (κ3) is 5.04. The summed E-state index contributed by atoms with van der Waals surface area (Å²) in [5.74, 6) is 0.881. The zero-order chi connectivity index (χ0) is 17.6. The highest BCUT2D eigenvalue weighted by Gasteiger charge is 2.14. The zero-order valence-corrected chi connectivity index (χ0v) is 16.4. The first-order valence-corrected chi connectivity index (χ1v) is 10.1. The van der Waals surface area contributed by atoms with E-state index in [9.17, 15) is 0 Å². The average molecular weight is 391 g/mol. The summed E-state index contributed by atoms with van der Waals surface area (Å²) < 4.78 is 2.13. The van der Waals surface area contributed by atoms with Gasteiger partial charge in [0.1, 0.15) is 0 Å². The molecule has 0 saturated heterocycles. The largest absolute Gasteiger partial charge is 0.336 e. The third-order valence-electron chi connectivity index (χ3n) is 4.13. The summed E-state index contributed by atoms with van der Waals surface area (Å²) in [5, 5.41) is 1.55. The maximum Gasteiger partial charge on any atom is 0.0946 e. The van der Waals surface area contributed by atoms with Gasteiger partial charge in [-0.2, -0.15) is 0 Å². The van der Waals surface area contributed by atoms with E-state index in [0.29, 0.717) is 15.3 Å².